The summed E-state index contributed by atoms with van der Waals surface area (Å²) in [6.07, 6.45) is 0.325. The molecule has 17 heavy (non-hydrogen) atoms. The van der Waals surface area contributed by atoms with Crippen molar-refractivity contribution >= 4 is 5.91 Å². The number of benzene rings is 1. The molecule has 0 saturated carbocycles. The van der Waals surface area contributed by atoms with E-state index < -0.39 is 0 Å². The van der Waals surface area contributed by atoms with E-state index in [0.717, 1.165) is 5.56 Å². The van der Waals surface area contributed by atoms with Crippen LogP contribution in [-0.4, -0.2) is 26.7 Å². The molecule has 0 radical (unpaired) electrons. The van der Waals surface area contributed by atoms with E-state index in [0.29, 0.717) is 31.1 Å². The normalized spacial score (nSPS) is 9.82. The first kappa shape index (κ1) is 13.3. The van der Waals surface area contributed by atoms with Crippen molar-refractivity contribution in [3.05, 3.63) is 23.8 Å². The summed E-state index contributed by atoms with van der Waals surface area (Å²) in [5.41, 5.74) is 6.50. The molecule has 0 fully saturated rings. The van der Waals surface area contributed by atoms with Crippen LogP contribution < -0.4 is 20.5 Å². The summed E-state index contributed by atoms with van der Waals surface area (Å²) in [6, 6.07) is 5.46. The van der Waals surface area contributed by atoms with E-state index >= 15 is 0 Å². The highest BCUT2D eigenvalue weighted by molar-refractivity contribution is 5.75. The Kier molecular flexibility index (Phi) is 5.29. The van der Waals surface area contributed by atoms with Crippen LogP contribution in [0.3, 0.4) is 0 Å². The molecule has 3 N–H and O–H groups in total. The number of rotatable bonds is 6. The van der Waals surface area contributed by atoms with Crippen LogP contribution in [0.4, 0.5) is 0 Å². The third-order valence-electron chi connectivity index (χ3n) is 2.29. The minimum atomic E-state index is -0.0491. The van der Waals surface area contributed by atoms with Gasteiger partial charge in [-0.2, -0.15) is 0 Å². The number of amides is 1. The fourth-order valence-electron chi connectivity index (χ4n) is 1.34. The number of hydrogen-bond donors (Lipinski definition) is 2. The standard InChI is InChI=1S/C12H18N2O3/c1-14-12(15)3-4-17-11-6-9(8-13)5-10(7-11)16-2/h5-7H,3-4,8,13H2,1-2H3,(H,14,15). The predicted molar refractivity (Wildman–Crippen MR) is 65.1 cm³/mol. The molecule has 5 nitrogen and oxygen atoms in total. The number of methoxy groups -OCH3 is 1. The second kappa shape index (κ2) is 6.75. The molecule has 0 unspecified atom stereocenters. The molecule has 1 aromatic carbocycles. The lowest BCUT2D eigenvalue weighted by Gasteiger charge is -2.09. The smallest absolute Gasteiger partial charge is 0.223 e. The molecule has 94 valence electrons. The largest absolute Gasteiger partial charge is 0.497 e. The maximum Gasteiger partial charge on any atom is 0.223 e. The van der Waals surface area contributed by atoms with E-state index in [1.54, 1.807) is 20.2 Å². The zero-order valence-electron chi connectivity index (χ0n) is 10.2. The van der Waals surface area contributed by atoms with Gasteiger partial charge in [0.15, 0.2) is 0 Å². The third kappa shape index (κ3) is 4.32. The Morgan fingerprint density at radius 1 is 1.35 bits per heavy atom. The minimum absolute atomic E-state index is 0.0491. The lowest BCUT2D eigenvalue weighted by molar-refractivity contribution is -0.121. The van der Waals surface area contributed by atoms with Gasteiger partial charge in [-0.1, -0.05) is 0 Å². The van der Waals surface area contributed by atoms with Crippen LogP contribution in [-0.2, 0) is 11.3 Å². The van der Waals surface area contributed by atoms with Gasteiger partial charge >= 0.3 is 0 Å². The molecule has 5 heteroatoms. The van der Waals surface area contributed by atoms with Crippen molar-refractivity contribution in [2.45, 2.75) is 13.0 Å². The van der Waals surface area contributed by atoms with Gasteiger partial charge < -0.3 is 20.5 Å². The van der Waals surface area contributed by atoms with Gasteiger partial charge in [-0.25, -0.2) is 0 Å². The van der Waals surface area contributed by atoms with Gasteiger partial charge in [0.1, 0.15) is 11.5 Å². The molecular weight excluding hydrogens is 220 g/mol. The van der Waals surface area contributed by atoms with Crippen molar-refractivity contribution in [1.82, 2.24) is 5.32 Å². The van der Waals surface area contributed by atoms with E-state index in [4.69, 9.17) is 15.2 Å². The van der Waals surface area contributed by atoms with Gasteiger partial charge in [-0.05, 0) is 17.7 Å². The molecule has 0 heterocycles. The number of carbonyl (C=O) groups is 1. The monoisotopic (exact) mass is 238 g/mol. The first-order chi connectivity index (χ1) is 8.19. The Hall–Kier alpha value is -1.75. The topological polar surface area (TPSA) is 73.6 Å². The zero-order chi connectivity index (χ0) is 12.7. The zero-order valence-corrected chi connectivity index (χ0v) is 10.2. The molecule has 1 aromatic rings. The molecule has 0 saturated heterocycles. The molecular formula is C12H18N2O3. The van der Waals surface area contributed by atoms with Crippen LogP contribution in [0.5, 0.6) is 11.5 Å². The second-order valence-corrected chi connectivity index (χ2v) is 3.49. The van der Waals surface area contributed by atoms with Crippen molar-refractivity contribution in [3.63, 3.8) is 0 Å². The molecule has 1 rings (SSSR count). The lowest BCUT2D eigenvalue weighted by atomic mass is 10.2. The van der Waals surface area contributed by atoms with Crippen LogP contribution in [0.25, 0.3) is 0 Å². The molecule has 0 aromatic heterocycles. The summed E-state index contributed by atoms with van der Waals surface area (Å²) in [6.45, 7) is 0.750. The summed E-state index contributed by atoms with van der Waals surface area (Å²) in [4.78, 5) is 11.0. The maximum atomic E-state index is 11.0. The Labute approximate surface area is 101 Å². The molecule has 1 amide bonds. The van der Waals surface area contributed by atoms with Crippen LogP contribution in [0.15, 0.2) is 18.2 Å². The van der Waals surface area contributed by atoms with Crippen molar-refractivity contribution in [2.24, 2.45) is 5.73 Å². The fraction of sp³-hybridized carbons (Fsp3) is 0.417. The Morgan fingerprint density at radius 2 is 2.06 bits per heavy atom. The number of carbonyl (C=O) groups excluding carboxylic acids is 1. The van der Waals surface area contributed by atoms with Gasteiger partial charge in [0.05, 0.1) is 20.1 Å². The Morgan fingerprint density at radius 3 is 2.65 bits per heavy atom. The third-order valence-corrected chi connectivity index (χ3v) is 2.29. The van der Waals surface area contributed by atoms with Crippen molar-refractivity contribution in [2.75, 3.05) is 20.8 Å². The molecule has 0 atom stereocenters. The molecule has 0 aliphatic rings. The fourth-order valence-corrected chi connectivity index (χ4v) is 1.34. The average Bonchev–Trinajstić information content (AvgIpc) is 2.37. The predicted octanol–water partition coefficient (Wildman–Crippen LogP) is 0.669. The van der Waals surface area contributed by atoms with Gasteiger partial charge in [0.25, 0.3) is 0 Å². The van der Waals surface area contributed by atoms with Gasteiger partial charge in [0.2, 0.25) is 5.91 Å². The van der Waals surface area contributed by atoms with E-state index in [1.807, 2.05) is 12.1 Å². The van der Waals surface area contributed by atoms with E-state index in [9.17, 15) is 4.79 Å². The highest BCUT2D eigenvalue weighted by Crippen LogP contribution is 2.22. The number of ether oxygens (including phenoxy) is 2. The van der Waals surface area contributed by atoms with E-state index in [-0.39, 0.29) is 5.91 Å². The van der Waals surface area contributed by atoms with Crippen LogP contribution >= 0.6 is 0 Å². The summed E-state index contributed by atoms with van der Waals surface area (Å²) in [7, 11) is 3.18. The first-order valence-electron chi connectivity index (χ1n) is 5.41. The van der Waals surface area contributed by atoms with Crippen LogP contribution in [0.2, 0.25) is 0 Å². The average molecular weight is 238 g/mol. The van der Waals surface area contributed by atoms with E-state index in [1.165, 1.54) is 0 Å². The van der Waals surface area contributed by atoms with Gasteiger partial charge in [-0.3, -0.25) is 4.79 Å². The van der Waals surface area contributed by atoms with E-state index in [2.05, 4.69) is 5.32 Å². The summed E-state index contributed by atoms with van der Waals surface area (Å²) in [5.74, 6) is 1.31. The summed E-state index contributed by atoms with van der Waals surface area (Å²) >= 11 is 0. The quantitative estimate of drug-likeness (QED) is 0.764. The minimum Gasteiger partial charge on any atom is -0.497 e. The summed E-state index contributed by atoms with van der Waals surface area (Å²) in [5, 5.41) is 2.53. The van der Waals surface area contributed by atoms with Crippen LogP contribution in [0, 0.1) is 0 Å². The number of nitrogens with one attached hydrogen (secondary N) is 1. The Balaban J connectivity index is 2.60. The SMILES string of the molecule is CNC(=O)CCOc1cc(CN)cc(OC)c1. The van der Waals surface area contributed by atoms with Crippen molar-refractivity contribution in [1.29, 1.82) is 0 Å². The van der Waals surface area contributed by atoms with Gasteiger partial charge in [0, 0.05) is 19.7 Å². The molecule has 0 bridgehead atoms. The summed E-state index contributed by atoms with van der Waals surface area (Å²) < 4.78 is 10.6. The van der Waals surface area contributed by atoms with Gasteiger partial charge in [-0.15, -0.1) is 0 Å². The maximum absolute atomic E-state index is 11.0. The Bertz CT molecular complexity index is 358. The lowest BCUT2D eigenvalue weighted by Crippen LogP contribution is -2.20. The highest BCUT2D eigenvalue weighted by Gasteiger charge is 2.03. The second-order valence-electron chi connectivity index (χ2n) is 3.49. The number of hydrogen-bond acceptors (Lipinski definition) is 4. The van der Waals surface area contributed by atoms with Crippen LogP contribution in [0.1, 0.15) is 12.0 Å². The molecule has 0 aliphatic heterocycles. The van der Waals surface area contributed by atoms with Crippen molar-refractivity contribution < 1.29 is 14.3 Å². The number of nitrogens with two attached hydrogens (primary N) is 1. The highest BCUT2D eigenvalue weighted by atomic mass is 16.5. The van der Waals surface area contributed by atoms with Crippen molar-refractivity contribution in [3.8, 4) is 11.5 Å². The molecule has 0 spiro atoms. The molecule has 0 aliphatic carbocycles. The first-order valence-corrected chi connectivity index (χ1v) is 5.41.